The second-order valence-corrected chi connectivity index (χ2v) is 6.29. The van der Waals surface area contributed by atoms with Gasteiger partial charge in [-0.15, -0.1) is 0 Å². The Labute approximate surface area is 130 Å². The zero-order valence-corrected chi connectivity index (χ0v) is 13.1. The second kappa shape index (κ2) is 4.73. The van der Waals surface area contributed by atoms with Gasteiger partial charge < -0.3 is 9.47 Å². The second-order valence-electron chi connectivity index (χ2n) is 6.29. The molecule has 0 spiro atoms. The van der Waals surface area contributed by atoms with Gasteiger partial charge in [-0.2, -0.15) is 0 Å². The number of carbonyl (C=O) groups excluding carboxylic acids is 1. The lowest BCUT2D eigenvalue weighted by Gasteiger charge is -2.39. The number of fused-ring (bicyclic) bond motifs is 4. The monoisotopic (exact) mass is 296 g/mol. The lowest BCUT2D eigenvalue weighted by molar-refractivity contribution is -0.125. The van der Waals surface area contributed by atoms with Crippen LogP contribution in [0.2, 0.25) is 0 Å². The molecule has 0 saturated carbocycles. The van der Waals surface area contributed by atoms with E-state index in [0.29, 0.717) is 18.8 Å². The summed E-state index contributed by atoms with van der Waals surface area (Å²) in [6, 6.07) is 6.02. The molecule has 1 aromatic carbocycles. The smallest absolute Gasteiger partial charge is 0.147 e. The standard InChI is InChI=1S/C19H20O3/c1-3-19-9-8-13-14-5-4-12(21-2)10-17(14)22-11-15(13)16(19)6-7-18(19)20/h4-6,10H,3,7-9,11H2,1-2H3/t19-/m0/s1. The van der Waals surface area contributed by atoms with Crippen LogP contribution in [0, 0.1) is 5.41 Å². The van der Waals surface area contributed by atoms with E-state index in [2.05, 4.69) is 19.1 Å². The molecule has 2 aliphatic carbocycles. The summed E-state index contributed by atoms with van der Waals surface area (Å²) in [7, 11) is 1.67. The first-order chi connectivity index (χ1) is 10.7. The lowest BCUT2D eigenvalue weighted by Crippen LogP contribution is -2.34. The summed E-state index contributed by atoms with van der Waals surface area (Å²) in [6.45, 7) is 2.70. The summed E-state index contributed by atoms with van der Waals surface area (Å²) in [4.78, 5) is 12.4. The number of benzene rings is 1. The minimum absolute atomic E-state index is 0.244. The van der Waals surface area contributed by atoms with E-state index in [0.717, 1.165) is 36.3 Å². The molecule has 0 aromatic heterocycles. The summed E-state index contributed by atoms with van der Waals surface area (Å²) in [6.07, 6.45) is 5.49. The minimum Gasteiger partial charge on any atom is -0.497 e. The van der Waals surface area contributed by atoms with Crippen LogP contribution in [0.1, 0.15) is 38.2 Å². The Morgan fingerprint density at radius 3 is 2.95 bits per heavy atom. The van der Waals surface area contributed by atoms with Crippen LogP contribution in [0.4, 0.5) is 0 Å². The maximum Gasteiger partial charge on any atom is 0.147 e. The van der Waals surface area contributed by atoms with Crippen LogP contribution in [0.15, 0.2) is 35.4 Å². The number of allylic oxidation sites excluding steroid dienone is 2. The van der Waals surface area contributed by atoms with Crippen LogP contribution in [0.3, 0.4) is 0 Å². The molecule has 1 atom stereocenters. The van der Waals surface area contributed by atoms with Crippen LogP contribution in [-0.2, 0) is 4.79 Å². The number of carbonyl (C=O) groups is 1. The first-order valence-corrected chi connectivity index (χ1v) is 7.97. The molecule has 0 saturated heterocycles. The first kappa shape index (κ1) is 13.6. The van der Waals surface area contributed by atoms with E-state index in [1.807, 2.05) is 12.1 Å². The Balaban J connectivity index is 1.84. The highest BCUT2D eigenvalue weighted by Crippen LogP contribution is 2.55. The summed E-state index contributed by atoms with van der Waals surface area (Å²) in [5.41, 5.74) is 4.76. The van der Waals surface area contributed by atoms with Crippen LogP contribution >= 0.6 is 0 Å². The molecule has 0 fully saturated rings. The normalized spacial score (nSPS) is 25.9. The third-order valence-corrected chi connectivity index (χ3v) is 5.52. The molecule has 1 heterocycles. The molecule has 3 heteroatoms. The van der Waals surface area contributed by atoms with Crippen LogP contribution in [-0.4, -0.2) is 19.5 Å². The van der Waals surface area contributed by atoms with Crippen molar-refractivity contribution < 1.29 is 14.3 Å². The van der Waals surface area contributed by atoms with Crippen LogP contribution in [0.5, 0.6) is 11.5 Å². The van der Waals surface area contributed by atoms with Crippen molar-refractivity contribution in [1.29, 1.82) is 0 Å². The molecule has 0 radical (unpaired) electrons. The van der Waals surface area contributed by atoms with Gasteiger partial charge in [0.05, 0.1) is 12.5 Å². The quantitative estimate of drug-likeness (QED) is 0.829. The SMILES string of the molecule is CC[C@]12CCC3=C(COc4cc(OC)ccc43)C1=CCC2=O. The first-order valence-electron chi connectivity index (χ1n) is 7.97. The van der Waals surface area contributed by atoms with E-state index in [4.69, 9.17) is 9.47 Å². The average molecular weight is 296 g/mol. The molecule has 114 valence electrons. The Morgan fingerprint density at radius 2 is 2.18 bits per heavy atom. The van der Waals surface area contributed by atoms with Crippen molar-refractivity contribution in [3.05, 3.63) is 41.0 Å². The number of hydrogen-bond donors (Lipinski definition) is 0. The van der Waals surface area contributed by atoms with E-state index >= 15 is 0 Å². The predicted molar refractivity (Wildman–Crippen MR) is 85.1 cm³/mol. The van der Waals surface area contributed by atoms with E-state index in [9.17, 15) is 4.79 Å². The average Bonchev–Trinajstić information content (AvgIpc) is 2.91. The zero-order valence-electron chi connectivity index (χ0n) is 13.1. The maximum atomic E-state index is 12.4. The van der Waals surface area contributed by atoms with E-state index < -0.39 is 0 Å². The molecule has 0 unspecified atom stereocenters. The van der Waals surface area contributed by atoms with E-state index in [1.54, 1.807) is 7.11 Å². The third-order valence-electron chi connectivity index (χ3n) is 5.52. The largest absolute Gasteiger partial charge is 0.497 e. The molecule has 4 rings (SSSR count). The van der Waals surface area contributed by atoms with Gasteiger partial charge in [-0.1, -0.05) is 13.0 Å². The highest BCUT2D eigenvalue weighted by Gasteiger charge is 2.48. The van der Waals surface area contributed by atoms with Gasteiger partial charge in [0.15, 0.2) is 0 Å². The predicted octanol–water partition coefficient (Wildman–Crippen LogP) is 3.93. The van der Waals surface area contributed by atoms with Crippen molar-refractivity contribution in [2.24, 2.45) is 5.41 Å². The fourth-order valence-electron chi connectivity index (χ4n) is 4.25. The molecule has 22 heavy (non-hydrogen) atoms. The summed E-state index contributed by atoms with van der Waals surface area (Å²) in [5.74, 6) is 2.10. The van der Waals surface area contributed by atoms with Gasteiger partial charge in [0.1, 0.15) is 23.9 Å². The van der Waals surface area contributed by atoms with Crippen molar-refractivity contribution in [2.45, 2.75) is 32.6 Å². The number of ketones is 1. The van der Waals surface area contributed by atoms with Gasteiger partial charge in [-0.3, -0.25) is 4.79 Å². The van der Waals surface area contributed by atoms with Crippen molar-refractivity contribution >= 4 is 11.4 Å². The maximum absolute atomic E-state index is 12.4. The molecule has 3 aliphatic rings. The topological polar surface area (TPSA) is 35.5 Å². The van der Waals surface area contributed by atoms with Crippen molar-refractivity contribution in [2.75, 3.05) is 13.7 Å². The van der Waals surface area contributed by atoms with Gasteiger partial charge in [0, 0.05) is 18.1 Å². The van der Waals surface area contributed by atoms with Crippen molar-refractivity contribution in [1.82, 2.24) is 0 Å². The van der Waals surface area contributed by atoms with E-state index in [-0.39, 0.29) is 5.41 Å². The molecular weight excluding hydrogens is 276 g/mol. The summed E-state index contributed by atoms with van der Waals surface area (Å²) in [5, 5.41) is 0. The Bertz CT molecular complexity index is 726. The van der Waals surface area contributed by atoms with Crippen LogP contribution in [0.25, 0.3) is 5.57 Å². The van der Waals surface area contributed by atoms with Gasteiger partial charge >= 0.3 is 0 Å². The Morgan fingerprint density at radius 1 is 1.32 bits per heavy atom. The van der Waals surface area contributed by atoms with Gasteiger partial charge in [0.25, 0.3) is 0 Å². The number of ether oxygens (including phenoxy) is 2. The van der Waals surface area contributed by atoms with Gasteiger partial charge in [-0.25, -0.2) is 0 Å². The molecule has 0 N–H and O–H groups in total. The molecule has 0 amide bonds. The molecular formula is C19H20O3. The zero-order chi connectivity index (χ0) is 15.3. The fourth-order valence-corrected chi connectivity index (χ4v) is 4.25. The highest BCUT2D eigenvalue weighted by molar-refractivity contribution is 5.97. The lowest BCUT2D eigenvalue weighted by atomic mass is 9.65. The molecule has 1 aromatic rings. The molecule has 0 bridgehead atoms. The number of hydrogen-bond acceptors (Lipinski definition) is 3. The molecule has 3 nitrogen and oxygen atoms in total. The molecule has 1 aliphatic heterocycles. The van der Waals surface area contributed by atoms with Gasteiger partial charge in [0.2, 0.25) is 0 Å². The van der Waals surface area contributed by atoms with E-state index in [1.165, 1.54) is 16.7 Å². The van der Waals surface area contributed by atoms with Gasteiger partial charge in [-0.05, 0) is 48.1 Å². The Hall–Kier alpha value is -2.03. The fraction of sp³-hybridized carbons (Fsp3) is 0.421. The van der Waals surface area contributed by atoms with Crippen LogP contribution < -0.4 is 9.47 Å². The third kappa shape index (κ3) is 1.65. The number of Topliss-reactive ketones (excluding diaryl/α,β-unsaturated/α-hetero) is 1. The summed E-state index contributed by atoms with van der Waals surface area (Å²) >= 11 is 0. The Kier molecular flexibility index (Phi) is 2.93. The highest BCUT2D eigenvalue weighted by atomic mass is 16.5. The number of rotatable bonds is 2. The van der Waals surface area contributed by atoms with Crippen molar-refractivity contribution in [3.63, 3.8) is 0 Å². The number of methoxy groups -OCH3 is 1. The van der Waals surface area contributed by atoms with Crippen molar-refractivity contribution in [3.8, 4) is 11.5 Å². The minimum atomic E-state index is -0.244. The summed E-state index contributed by atoms with van der Waals surface area (Å²) < 4.78 is 11.3.